The van der Waals surface area contributed by atoms with Gasteiger partial charge in [-0.1, -0.05) is 36.7 Å². The third-order valence-electron chi connectivity index (χ3n) is 5.70. The molecule has 0 aliphatic carbocycles. The number of hydrogen-bond acceptors (Lipinski definition) is 5. The van der Waals surface area contributed by atoms with Gasteiger partial charge >= 0.3 is 0 Å². The molecule has 0 spiro atoms. The van der Waals surface area contributed by atoms with Crippen LogP contribution in [-0.4, -0.2) is 17.6 Å². The van der Waals surface area contributed by atoms with Crippen LogP contribution in [0.25, 0.3) is 0 Å². The number of amides is 2. The Morgan fingerprint density at radius 2 is 0.775 bits per heavy atom. The second-order valence-electron chi connectivity index (χ2n) is 9.10. The average Bonchev–Trinajstić information content (AvgIpc) is 2.95. The lowest BCUT2D eigenvalue weighted by molar-refractivity contribution is -0.113. The number of hydrogen-bond donors (Lipinski definition) is 2. The van der Waals surface area contributed by atoms with Crippen molar-refractivity contribution in [3.63, 3.8) is 0 Å². The highest BCUT2D eigenvalue weighted by molar-refractivity contribution is 7.99. The molecule has 5 nitrogen and oxygen atoms in total. The van der Waals surface area contributed by atoms with Gasteiger partial charge < -0.3 is 10.6 Å². The Balaban J connectivity index is 1.33. The fourth-order valence-corrected chi connectivity index (χ4v) is 5.11. The van der Waals surface area contributed by atoms with Crippen LogP contribution in [0.1, 0.15) is 29.8 Å². The Labute approximate surface area is 242 Å². The van der Waals surface area contributed by atoms with Crippen molar-refractivity contribution in [1.29, 1.82) is 0 Å². The van der Waals surface area contributed by atoms with E-state index >= 15 is 0 Å². The van der Waals surface area contributed by atoms with Crippen LogP contribution in [0.3, 0.4) is 0 Å². The van der Waals surface area contributed by atoms with E-state index in [1.165, 1.54) is 0 Å². The van der Waals surface area contributed by atoms with E-state index in [-0.39, 0.29) is 17.6 Å². The van der Waals surface area contributed by atoms with Gasteiger partial charge in [-0.2, -0.15) is 0 Å². The minimum Gasteiger partial charge on any atom is -0.322 e. The highest BCUT2D eigenvalue weighted by Gasteiger charge is 2.10. The predicted molar refractivity (Wildman–Crippen MR) is 164 cm³/mol. The van der Waals surface area contributed by atoms with Crippen molar-refractivity contribution in [2.75, 3.05) is 10.6 Å². The first kappa shape index (κ1) is 28.7. The summed E-state index contributed by atoms with van der Waals surface area (Å²) < 4.78 is 0. The van der Waals surface area contributed by atoms with Gasteiger partial charge in [0.2, 0.25) is 0 Å². The van der Waals surface area contributed by atoms with Crippen LogP contribution in [0.2, 0.25) is 0 Å². The lowest BCUT2D eigenvalue weighted by atomic mass is 10.0. The van der Waals surface area contributed by atoms with Gasteiger partial charge in [0, 0.05) is 53.2 Å². The van der Waals surface area contributed by atoms with Crippen molar-refractivity contribution in [3.8, 4) is 0 Å². The van der Waals surface area contributed by atoms with Gasteiger partial charge in [-0.25, -0.2) is 0 Å². The average molecular weight is 565 g/mol. The monoisotopic (exact) mass is 564 g/mol. The molecular weight excluding hydrogens is 537 g/mol. The van der Waals surface area contributed by atoms with E-state index < -0.39 is 0 Å². The summed E-state index contributed by atoms with van der Waals surface area (Å²) in [5.41, 5.74) is 3.58. The molecule has 0 radical (unpaired) electrons. The Morgan fingerprint density at radius 1 is 0.500 bits per heavy atom. The third kappa shape index (κ3) is 7.85. The number of anilines is 2. The molecule has 0 saturated heterocycles. The summed E-state index contributed by atoms with van der Waals surface area (Å²) in [5.74, 6) is -0.444. The molecule has 0 aromatic heterocycles. The Morgan fingerprint density at radius 3 is 1.05 bits per heavy atom. The molecule has 0 fully saturated rings. The molecule has 4 aromatic rings. The topological polar surface area (TPSA) is 75.3 Å². The number of benzene rings is 4. The first-order valence-electron chi connectivity index (χ1n) is 12.4. The molecule has 40 heavy (non-hydrogen) atoms. The van der Waals surface area contributed by atoms with Crippen LogP contribution in [0, 0.1) is 0 Å². The molecule has 4 aromatic carbocycles. The minimum atomic E-state index is -0.202. The molecule has 2 amide bonds. The van der Waals surface area contributed by atoms with E-state index in [1.807, 2.05) is 97.1 Å². The van der Waals surface area contributed by atoms with Crippen molar-refractivity contribution in [2.45, 2.75) is 33.4 Å². The molecule has 0 bridgehead atoms. The molecule has 0 saturated carbocycles. The minimum absolute atomic E-state index is 0.0386. The first-order valence-corrected chi connectivity index (χ1v) is 14.1. The molecule has 0 heterocycles. The number of carbonyl (C=O) groups is 3. The second-order valence-corrected chi connectivity index (χ2v) is 11.4. The first-order chi connectivity index (χ1) is 19.2. The van der Waals surface area contributed by atoms with Gasteiger partial charge in [0.1, 0.15) is 0 Å². The third-order valence-corrected chi connectivity index (χ3v) is 7.74. The molecule has 4 rings (SSSR count). The van der Waals surface area contributed by atoms with E-state index in [4.69, 9.17) is 0 Å². The van der Waals surface area contributed by atoms with Gasteiger partial charge in [-0.15, -0.1) is 0 Å². The van der Waals surface area contributed by atoms with E-state index in [0.717, 1.165) is 19.6 Å². The van der Waals surface area contributed by atoms with Crippen LogP contribution in [0.5, 0.6) is 0 Å². The van der Waals surface area contributed by atoms with E-state index in [1.54, 1.807) is 37.4 Å². The maximum Gasteiger partial charge on any atom is 0.250 e. The van der Waals surface area contributed by atoms with E-state index in [9.17, 15) is 14.4 Å². The summed E-state index contributed by atoms with van der Waals surface area (Å²) in [4.78, 5) is 40.6. The molecule has 0 unspecified atom stereocenters. The maximum atomic E-state index is 13.0. The van der Waals surface area contributed by atoms with Gasteiger partial charge in [-0.05, 0) is 111 Å². The SMILES string of the molecule is C=C(C)C(=O)Nc1ccc(Sc2ccc(C(=O)c3ccc(Sc4ccc(NC(=O)C(=C)C)cc4)cc3)cc2)cc1. The van der Waals surface area contributed by atoms with E-state index in [2.05, 4.69) is 23.8 Å². The normalized spacial score (nSPS) is 10.4. The zero-order chi connectivity index (χ0) is 28.6. The number of carbonyl (C=O) groups excluding carboxylic acids is 3. The molecule has 7 heteroatoms. The molecular formula is C33H28N2O3S2. The highest BCUT2D eigenvalue weighted by atomic mass is 32.2. The zero-order valence-electron chi connectivity index (χ0n) is 22.2. The summed E-state index contributed by atoms with van der Waals surface area (Å²) in [7, 11) is 0. The molecule has 2 N–H and O–H groups in total. The van der Waals surface area contributed by atoms with Crippen molar-refractivity contribution < 1.29 is 14.4 Å². The largest absolute Gasteiger partial charge is 0.322 e. The predicted octanol–water partition coefficient (Wildman–Crippen LogP) is 8.25. The van der Waals surface area contributed by atoms with Crippen LogP contribution in [0.15, 0.2) is 141 Å². The molecule has 0 aliphatic rings. The lowest BCUT2D eigenvalue weighted by Crippen LogP contribution is -2.11. The zero-order valence-corrected chi connectivity index (χ0v) is 23.8. The second kappa shape index (κ2) is 13.2. The summed E-state index contributed by atoms with van der Waals surface area (Å²) in [6, 6.07) is 30.2. The van der Waals surface area contributed by atoms with Crippen LogP contribution in [0.4, 0.5) is 11.4 Å². The Bertz CT molecular complexity index is 1440. The van der Waals surface area contributed by atoms with Crippen LogP contribution in [-0.2, 0) is 9.59 Å². The lowest BCUT2D eigenvalue weighted by Gasteiger charge is -2.08. The summed E-state index contributed by atoms with van der Waals surface area (Å²) in [6.07, 6.45) is 0. The van der Waals surface area contributed by atoms with Gasteiger partial charge in [0.15, 0.2) is 5.78 Å². The Hall–Kier alpha value is -4.33. The van der Waals surface area contributed by atoms with Gasteiger partial charge in [0.25, 0.3) is 11.8 Å². The van der Waals surface area contributed by atoms with Crippen molar-refractivity contribution in [1.82, 2.24) is 0 Å². The molecule has 0 aliphatic heterocycles. The quantitative estimate of drug-likeness (QED) is 0.150. The smallest absolute Gasteiger partial charge is 0.250 e. The fourth-order valence-electron chi connectivity index (χ4n) is 3.48. The molecule has 0 atom stereocenters. The van der Waals surface area contributed by atoms with Crippen LogP contribution < -0.4 is 10.6 Å². The van der Waals surface area contributed by atoms with Gasteiger partial charge in [0.05, 0.1) is 0 Å². The summed E-state index contributed by atoms with van der Waals surface area (Å²) in [5, 5.41) is 5.58. The molecule has 200 valence electrons. The van der Waals surface area contributed by atoms with Crippen molar-refractivity contribution >= 4 is 52.5 Å². The fraction of sp³-hybridized carbons (Fsp3) is 0.0606. The Kier molecular flexibility index (Phi) is 9.43. The number of nitrogens with one attached hydrogen (secondary N) is 2. The standard InChI is InChI=1S/C33H28N2O3S2/c1-21(2)32(37)34-25-9-17-29(18-10-25)39-27-13-5-23(6-14-27)31(36)24-7-15-28(16-8-24)40-30-19-11-26(12-20-30)35-33(38)22(3)4/h5-20H,1,3H2,2,4H3,(H,34,37)(H,35,38). The van der Waals surface area contributed by atoms with E-state index in [0.29, 0.717) is 33.6 Å². The number of rotatable bonds is 10. The van der Waals surface area contributed by atoms with Gasteiger partial charge in [-0.3, -0.25) is 14.4 Å². The van der Waals surface area contributed by atoms with Crippen LogP contribution >= 0.6 is 23.5 Å². The van der Waals surface area contributed by atoms with Crippen molar-refractivity contribution in [3.05, 3.63) is 132 Å². The number of ketones is 1. The highest BCUT2D eigenvalue weighted by Crippen LogP contribution is 2.31. The van der Waals surface area contributed by atoms with Crippen molar-refractivity contribution in [2.24, 2.45) is 0 Å². The maximum absolute atomic E-state index is 13.0. The summed E-state index contributed by atoms with van der Waals surface area (Å²) >= 11 is 3.15. The summed E-state index contributed by atoms with van der Waals surface area (Å²) in [6.45, 7) is 10.6.